The third kappa shape index (κ3) is 3.67. The topological polar surface area (TPSA) is 50.2 Å². The van der Waals surface area contributed by atoms with Crippen molar-refractivity contribution in [3.05, 3.63) is 60.3 Å². The van der Waals surface area contributed by atoms with Gasteiger partial charge in [-0.05, 0) is 24.3 Å². The maximum Gasteiger partial charge on any atom is 0.433 e. The van der Waals surface area contributed by atoms with Gasteiger partial charge in [-0.15, -0.1) is 0 Å². The molecule has 0 atom stereocenters. The number of halogens is 3. The molecule has 1 heterocycles. The van der Waals surface area contributed by atoms with Crippen LogP contribution in [0.2, 0.25) is 0 Å². The summed E-state index contributed by atoms with van der Waals surface area (Å²) in [4.78, 5) is 15.2. The van der Waals surface area contributed by atoms with Gasteiger partial charge in [0.15, 0.2) is 0 Å². The highest BCUT2D eigenvalue weighted by Gasteiger charge is 2.33. The van der Waals surface area contributed by atoms with E-state index in [1.807, 2.05) is 0 Å². The number of nitrogens with zero attached hydrogens (tertiary/aromatic N) is 1. The number of rotatable bonds is 4. The van der Waals surface area contributed by atoms with Gasteiger partial charge in [-0.1, -0.05) is 36.5 Å². The fraction of sp³-hybridized carbons (Fsp3) is 0.0667. The van der Waals surface area contributed by atoms with Crippen LogP contribution in [0.3, 0.4) is 0 Å². The average Bonchev–Trinajstić information content (AvgIpc) is 2.46. The van der Waals surface area contributed by atoms with Crippen molar-refractivity contribution in [3.8, 4) is 0 Å². The van der Waals surface area contributed by atoms with Gasteiger partial charge < -0.3 is 5.11 Å². The maximum atomic E-state index is 12.8. The lowest BCUT2D eigenvalue weighted by Crippen LogP contribution is -2.10. The number of aromatic nitrogens is 1. The molecule has 0 aliphatic carbocycles. The van der Waals surface area contributed by atoms with Crippen LogP contribution in [-0.4, -0.2) is 16.1 Å². The van der Waals surface area contributed by atoms with E-state index in [4.69, 9.17) is 5.11 Å². The summed E-state index contributed by atoms with van der Waals surface area (Å²) in [6.45, 7) is 3.38. The number of carboxylic acids is 1. The predicted molar refractivity (Wildman–Crippen MR) is 76.5 cm³/mol. The van der Waals surface area contributed by atoms with Crippen molar-refractivity contribution in [1.29, 1.82) is 0 Å². The van der Waals surface area contributed by atoms with Crippen LogP contribution in [0.15, 0.2) is 59.0 Å². The number of carboxylic acid groups (broad SMARTS) is 1. The molecule has 7 heteroatoms. The Kier molecular flexibility index (Phi) is 4.56. The Balaban J connectivity index is 2.50. The summed E-state index contributed by atoms with van der Waals surface area (Å²) in [5, 5.41) is 8.95. The first kappa shape index (κ1) is 16.1. The number of carbonyl (C=O) groups is 1. The highest BCUT2D eigenvalue weighted by molar-refractivity contribution is 7.99. The molecule has 0 aliphatic rings. The van der Waals surface area contributed by atoms with E-state index in [9.17, 15) is 18.0 Å². The van der Waals surface area contributed by atoms with Crippen LogP contribution < -0.4 is 0 Å². The summed E-state index contributed by atoms with van der Waals surface area (Å²) < 4.78 is 38.4. The van der Waals surface area contributed by atoms with Crippen molar-refractivity contribution in [2.75, 3.05) is 0 Å². The van der Waals surface area contributed by atoms with Crippen LogP contribution in [0.4, 0.5) is 13.2 Å². The lowest BCUT2D eigenvalue weighted by Gasteiger charge is -2.12. The molecule has 0 saturated carbocycles. The summed E-state index contributed by atoms with van der Waals surface area (Å²) in [5.41, 5.74) is -1.32. The Bertz CT molecular complexity index is 714. The Morgan fingerprint density at radius 3 is 2.32 bits per heavy atom. The second kappa shape index (κ2) is 6.23. The molecule has 0 unspecified atom stereocenters. The SMILES string of the molecule is C=C(C(=O)O)c1ccc(C(F)(F)F)nc1Sc1ccccc1. The standard InChI is InChI=1S/C15H10F3NO2S/c1-9(14(20)21)11-7-8-12(15(16,17)18)19-13(11)22-10-5-3-2-4-6-10/h2-8H,1H2,(H,20,21). The van der Waals surface area contributed by atoms with E-state index in [0.29, 0.717) is 4.90 Å². The average molecular weight is 325 g/mol. The number of alkyl halides is 3. The van der Waals surface area contributed by atoms with Crippen molar-refractivity contribution < 1.29 is 23.1 Å². The molecule has 22 heavy (non-hydrogen) atoms. The first-order valence-electron chi connectivity index (χ1n) is 6.03. The van der Waals surface area contributed by atoms with E-state index < -0.39 is 17.8 Å². The Hall–Kier alpha value is -2.28. The number of hydrogen-bond donors (Lipinski definition) is 1. The van der Waals surface area contributed by atoms with Crippen molar-refractivity contribution in [1.82, 2.24) is 4.98 Å². The third-order valence-corrected chi connectivity index (χ3v) is 3.70. The van der Waals surface area contributed by atoms with Crippen LogP contribution in [0.1, 0.15) is 11.3 Å². The highest BCUT2D eigenvalue weighted by atomic mass is 32.2. The molecule has 0 amide bonds. The molecular formula is C15H10F3NO2S. The molecule has 1 aromatic heterocycles. The lowest BCUT2D eigenvalue weighted by atomic mass is 10.1. The Morgan fingerprint density at radius 2 is 1.77 bits per heavy atom. The number of benzene rings is 1. The van der Waals surface area contributed by atoms with Crippen LogP contribution in [-0.2, 0) is 11.0 Å². The minimum absolute atomic E-state index is 0.0478. The minimum Gasteiger partial charge on any atom is -0.478 e. The van der Waals surface area contributed by atoms with E-state index in [-0.39, 0.29) is 16.2 Å². The molecule has 0 aliphatic heterocycles. The quantitative estimate of drug-likeness (QED) is 0.849. The molecular weight excluding hydrogens is 315 g/mol. The molecule has 2 aromatic rings. The molecule has 1 aromatic carbocycles. The molecule has 114 valence electrons. The number of pyridine rings is 1. The van der Waals surface area contributed by atoms with Crippen molar-refractivity contribution >= 4 is 23.3 Å². The second-order valence-corrected chi connectivity index (χ2v) is 5.31. The van der Waals surface area contributed by atoms with E-state index in [1.165, 1.54) is 0 Å². The van der Waals surface area contributed by atoms with Crippen LogP contribution in [0.25, 0.3) is 5.57 Å². The summed E-state index contributed by atoms with van der Waals surface area (Å²) >= 11 is 0.955. The van der Waals surface area contributed by atoms with Crippen LogP contribution in [0, 0.1) is 0 Å². The van der Waals surface area contributed by atoms with E-state index in [2.05, 4.69) is 11.6 Å². The van der Waals surface area contributed by atoms with Crippen LogP contribution >= 0.6 is 11.8 Å². The van der Waals surface area contributed by atoms with Crippen molar-refractivity contribution in [2.24, 2.45) is 0 Å². The molecule has 3 nitrogen and oxygen atoms in total. The molecule has 2 rings (SSSR count). The normalized spacial score (nSPS) is 11.2. The summed E-state index contributed by atoms with van der Waals surface area (Å²) in [6, 6.07) is 10.4. The summed E-state index contributed by atoms with van der Waals surface area (Å²) in [6.07, 6.45) is -4.60. The predicted octanol–water partition coefficient (Wildman–Crippen LogP) is 4.35. The molecule has 0 bridgehead atoms. The third-order valence-electron chi connectivity index (χ3n) is 2.69. The Labute approximate surface area is 128 Å². The molecule has 0 fully saturated rings. The molecule has 1 N–H and O–H groups in total. The molecule has 0 spiro atoms. The van der Waals surface area contributed by atoms with Gasteiger partial charge in [-0.2, -0.15) is 13.2 Å². The van der Waals surface area contributed by atoms with Gasteiger partial charge in [0, 0.05) is 10.5 Å². The van der Waals surface area contributed by atoms with E-state index in [0.717, 1.165) is 23.9 Å². The first-order valence-corrected chi connectivity index (χ1v) is 6.84. The Morgan fingerprint density at radius 1 is 1.14 bits per heavy atom. The zero-order valence-electron chi connectivity index (χ0n) is 11.1. The smallest absolute Gasteiger partial charge is 0.433 e. The fourth-order valence-corrected chi connectivity index (χ4v) is 2.58. The zero-order chi connectivity index (χ0) is 16.3. The maximum absolute atomic E-state index is 12.8. The lowest BCUT2D eigenvalue weighted by molar-refractivity contribution is -0.141. The molecule has 0 radical (unpaired) electrons. The minimum atomic E-state index is -4.60. The van der Waals surface area contributed by atoms with E-state index >= 15 is 0 Å². The van der Waals surface area contributed by atoms with Crippen molar-refractivity contribution in [2.45, 2.75) is 16.1 Å². The molecule has 0 saturated heterocycles. The van der Waals surface area contributed by atoms with Gasteiger partial charge in [0.05, 0.1) is 5.57 Å². The fourth-order valence-electron chi connectivity index (χ4n) is 1.62. The largest absolute Gasteiger partial charge is 0.478 e. The van der Waals surface area contributed by atoms with Gasteiger partial charge >= 0.3 is 12.1 Å². The first-order chi connectivity index (χ1) is 10.3. The summed E-state index contributed by atoms with van der Waals surface area (Å²) in [5.74, 6) is -1.31. The van der Waals surface area contributed by atoms with Gasteiger partial charge in [-0.3, -0.25) is 0 Å². The van der Waals surface area contributed by atoms with Crippen LogP contribution in [0.5, 0.6) is 0 Å². The van der Waals surface area contributed by atoms with Gasteiger partial charge in [0.1, 0.15) is 10.7 Å². The second-order valence-electron chi connectivity index (χ2n) is 4.25. The number of aliphatic carboxylic acids is 1. The van der Waals surface area contributed by atoms with E-state index in [1.54, 1.807) is 30.3 Å². The van der Waals surface area contributed by atoms with Gasteiger partial charge in [0.2, 0.25) is 0 Å². The highest BCUT2D eigenvalue weighted by Crippen LogP contribution is 2.35. The summed E-state index contributed by atoms with van der Waals surface area (Å²) in [7, 11) is 0. The van der Waals surface area contributed by atoms with Crippen molar-refractivity contribution in [3.63, 3.8) is 0 Å². The zero-order valence-corrected chi connectivity index (χ0v) is 11.9. The van der Waals surface area contributed by atoms with Gasteiger partial charge in [-0.25, -0.2) is 9.78 Å². The van der Waals surface area contributed by atoms with Gasteiger partial charge in [0.25, 0.3) is 0 Å². The monoisotopic (exact) mass is 325 g/mol. The number of hydrogen-bond acceptors (Lipinski definition) is 3.